The molecule has 1 aromatic carbocycles. The molecule has 0 bridgehead atoms. The summed E-state index contributed by atoms with van der Waals surface area (Å²) < 4.78 is 1.70. The second-order valence-electron chi connectivity index (χ2n) is 3.30. The maximum Gasteiger partial charge on any atom is 0.242 e. The number of amides is 1. The fraction of sp³-hybridized carbons (Fsp3) is 0.111. The number of phenols is 1. The number of tetrazole rings is 1. The molecule has 2 aromatic rings. The molecule has 2 rings (SSSR count). The molecule has 17 heavy (non-hydrogen) atoms. The summed E-state index contributed by atoms with van der Waals surface area (Å²) in [4.78, 5) is 10.9. The van der Waals surface area contributed by atoms with E-state index >= 15 is 0 Å². The van der Waals surface area contributed by atoms with Crippen LogP contribution in [0, 0.1) is 4.77 Å². The molecule has 0 aliphatic heterocycles. The van der Waals surface area contributed by atoms with Crippen LogP contribution in [-0.4, -0.2) is 31.2 Å². The number of H-pyrrole nitrogens is 1. The van der Waals surface area contributed by atoms with E-state index in [-0.39, 0.29) is 16.4 Å². The Labute approximate surface area is 101 Å². The molecule has 0 spiro atoms. The lowest BCUT2D eigenvalue weighted by atomic mass is 10.2. The number of aromatic amines is 1. The third-order valence-electron chi connectivity index (χ3n) is 2.02. The zero-order chi connectivity index (χ0) is 12.4. The number of carbonyl (C=O) groups is 1. The van der Waals surface area contributed by atoms with E-state index < -0.39 is 0 Å². The first-order valence-corrected chi connectivity index (χ1v) is 5.10. The molecular formula is C9H9N5O2S. The largest absolute Gasteiger partial charge is 0.506 e. The van der Waals surface area contributed by atoms with Gasteiger partial charge in [-0.05, 0) is 30.4 Å². The van der Waals surface area contributed by atoms with Crippen LogP contribution in [0.2, 0.25) is 0 Å². The molecule has 0 radical (unpaired) electrons. The first-order chi connectivity index (χ1) is 8.08. The first-order valence-electron chi connectivity index (χ1n) is 4.69. The number of phenolic OH excluding ortho intramolecular Hbond substituents is 1. The summed E-state index contributed by atoms with van der Waals surface area (Å²) in [6.45, 7) is 1.36. The van der Waals surface area contributed by atoms with Gasteiger partial charge in [-0.25, -0.2) is 4.68 Å². The van der Waals surface area contributed by atoms with Crippen LogP contribution in [0.3, 0.4) is 0 Å². The monoisotopic (exact) mass is 251 g/mol. The minimum absolute atomic E-state index is 0.0251. The van der Waals surface area contributed by atoms with Gasteiger partial charge in [0.15, 0.2) is 0 Å². The van der Waals surface area contributed by atoms with Gasteiger partial charge >= 0.3 is 0 Å². The van der Waals surface area contributed by atoms with Gasteiger partial charge in [-0.3, -0.25) is 4.79 Å². The summed E-state index contributed by atoms with van der Waals surface area (Å²) in [5.74, 6) is -0.299. The fourth-order valence-electron chi connectivity index (χ4n) is 1.32. The molecule has 88 valence electrons. The number of nitrogens with zero attached hydrogens (tertiary/aromatic N) is 3. The van der Waals surface area contributed by atoms with Crippen molar-refractivity contribution < 1.29 is 9.90 Å². The van der Waals surface area contributed by atoms with Crippen LogP contribution in [0.15, 0.2) is 18.2 Å². The molecule has 0 aliphatic rings. The Morgan fingerprint density at radius 3 is 2.94 bits per heavy atom. The van der Waals surface area contributed by atoms with Crippen molar-refractivity contribution in [2.24, 2.45) is 0 Å². The smallest absolute Gasteiger partial charge is 0.242 e. The van der Waals surface area contributed by atoms with Crippen LogP contribution in [-0.2, 0) is 4.79 Å². The highest BCUT2D eigenvalue weighted by atomic mass is 32.1. The number of nitrogens with one attached hydrogen (secondary N) is 2. The van der Waals surface area contributed by atoms with E-state index in [2.05, 4.69) is 20.8 Å². The Morgan fingerprint density at radius 2 is 2.35 bits per heavy atom. The molecule has 3 N–H and O–H groups in total. The van der Waals surface area contributed by atoms with E-state index in [0.29, 0.717) is 11.4 Å². The highest BCUT2D eigenvalue weighted by molar-refractivity contribution is 7.71. The molecule has 0 saturated carbocycles. The predicted octanol–water partition coefficient (Wildman–Crippen LogP) is 0.989. The quantitative estimate of drug-likeness (QED) is 0.546. The first kappa shape index (κ1) is 11.3. The summed E-state index contributed by atoms with van der Waals surface area (Å²) in [5.41, 5.74) is 0.910. The van der Waals surface area contributed by atoms with Gasteiger partial charge in [-0.15, -0.1) is 0 Å². The van der Waals surface area contributed by atoms with E-state index in [0.717, 1.165) is 0 Å². The van der Waals surface area contributed by atoms with Gasteiger partial charge < -0.3 is 10.4 Å². The number of aromatic hydroxyl groups is 1. The van der Waals surface area contributed by atoms with Gasteiger partial charge in [-0.2, -0.15) is 5.21 Å². The number of anilines is 1. The van der Waals surface area contributed by atoms with E-state index in [4.69, 9.17) is 12.2 Å². The number of rotatable bonds is 2. The number of carbonyl (C=O) groups excluding carboxylic acids is 1. The van der Waals surface area contributed by atoms with Crippen molar-refractivity contribution in [1.82, 2.24) is 20.2 Å². The molecule has 0 atom stereocenters. The Morgan fingerprint density at radius 1 is 1.59 bits per heavy atom. The Balaban J connectivity index is 2.48. The summed E-state index contributed by atoms with van der Waals surface area (Å²) in [7, 11) is 0. The SMILES string of the molecule is CC(=O)Nc1cc(-n2[nH]nnc2=S)ccc1O. The average Bonchev–Trinajstić information content (AvgIpc) is 2.67. The lowest BCUT2D eigenvalue weighted by Crippen LogP contribution is -2.07. The van der Waals surface area contributed by atoms with E-state index in [1.807, 2.05) is 0 Å². The summed E-state index contributed by atoms with van der Waals surface area (Å²) >= 11 is 4.94. The fourth-order valence-corrected chi connectivity index (χ4v) is 1.51. The highest BCUT2D eigenvalue weighted by Gasteiger charge is 2.06. The average molecular weight is 251 g/mol. The maximum absolute atomic E-state index is 10.9. The van der Waals surface area contributed by atoms with E-state index in [9.17, 15) is 9.90 Å². The maximum atomic E-state index is 10.9. The lowest BCUT2D eigenvalue weighted by molar-refractivity contribution is -0.114. The van der Waals surface area contributed by atoms with Crippen molar-refractivity contribution >= 4 is 23.8 Å². The topological polar surface area (TPSA) is 95.8 Å². The van der Waals surface area contributed by atoms with Crippen LogP contribution in [0.4, 0.5) is 5.69 Å². The Kier molecular flexibility index (Phi) is 2.88. The summed E-state index contributed by atoms with van der Waals surface area (Å²) in [6, 6.07) is 4.63. The van der Waals surface area contributed by atoms with Crippen LogP contribution >= 0.6 is 12.2 Å². The highest BCUT2D eigenvalue weighted by Crippen LogP contribution is 2.25. The predicted molar refractivity (Wildman–Crippen MR) is 62.5 cm³/mol. The van der Waals surface area contributed by atoms with Gasteiger partial charge in [0.25, 0.3) is 0 Å². The minimum atomic E-state index is -0.274. The molecule has 0 unspecified atom stereocenters. The van der Waals surface area contributed by atoms with Crippen LogP contribution in [0.5, 0.6) is 5.75 Å². The summed E-state index contributed by atoms with van der Waals surface area (Å²) in [5, 5.41) is 21.8. The van der Waals surface area contributed by atoms with Crippen LogP contribution < -0.4 is 5.32 Å². The number of benzene rings is 1. The van der Waals surface area contributed by atoms with Crippen molar-refractivity contribution in [2.75, 3.05) is 5.32 Å². The van der Waals surface area contributed by atoms with Crippen molar-refractivity contribution in [1.29, 1.82) is 0 Å². The zero-order valence-electron chi connectivity index (χ0n) is 8.84. The number of hydrogen-bond donors (Lipinski definition) is 3. The minimum Gasteiger partial charge on any atom is -0.506 e. The zero-order valence-corrected chi connectivity index (χ0v) is 9.65. The van der Waals surface area contributed by atoms with Crippen molar-refractivity contribution in [3.05, 3.63) is 23.0 Å². The van der Waals surface area contributed by atoms with Crippen molar-refractivity contribution in [3.8, 4) is 11.4 Å². The second kappa shape index (κ2) is 4.34. The van der Waals surface area contributed by atoms with Gasteiger partial charge in [0.2, 0.25) is 10.7 Å². The standard InChI is InChI=1S/C9H9N5O2S/c1-5(15)10-7-4-6(2-3-8(7)16)14-9(17)11-12-13-14/h2-4,16H,1H3,(H,10,15)(H,11,13,17). The van der Waals surface area contributed by atoms with Crippen LogP contribution in [0.25, 0.3) is 5.69 Å². The van der Waals surface area contributed by atoms with Gasteiger partial charge in [-0.1, -0.05) is 10.3 Å². The normalized spacial score (nSPS) is 10.2. The molecule has 8 heteroatoms. The van der Waals surface area contributed by atoms with Gasteiger partial charge in [0.1, 0.15) is 5.75 Å². The van der Waals surface area contributed by atoms with E-state index in [1.54, 1.807) is 12.1 Å². The molecule has 1 aromatic heterocycles. The van der Waals surface area contributed by atoms with E-state index in [1.165, 1.54) is 17.7 Å². The number of aromatic nitrogens is 4. The molecular weight excluding hydrogens is 242 g/mol. The molecule has 0 saturated heterocycles. The van der Waals surface area contributed by atoms with Gasteiger partial charge in [0, 0.05) is 6.92 Å². The van der Waals surface area contributed by atoms with Crippen molar-refractivity contribution in [3.63, 3.8) is 0 Å². The Hall–Kier alpha value is -2.22. The molecule has 1 amide bonds. The lowest BCUT2D eigenvalue weighted by Gasteiger charge is -2.07. The third kappa shape index (κ3) is 2.31. The third-order valence-corrected chi connectivity index (χ3v) is 2.28. The molecule has 7 nitrogen and oxygen atoms in total. The molecule has 0 fully saturated rings. The van der Waals surface area contributed by atoms with Crippen LogP contribution in [0.1, 0.15) is 6.92 Å². The molecule has 0 aliphatic carbocycles. The number of hydrogen-bond acceptors (Lipinski definition) is 5. The Bertz CT molecular complexity index is 618. The van der Waals surface area contributed by atoms with Crippen molar-refractivity contribution in [2.45, 2.75) is 6.92 Å². The second-order valence-corrected chi connectivity index (χ2v) is 3.67. The summed E-state index contributed by atoms with van der Waals surface area (Å²) in [6.07, 6.45) is 0. The molecule has 1 heterocycles. The van der Waals surface area contributed by atoms with Gasteiger partial charge in [0.05, 0.1) is 11.4 Å².